The standard InChI is InChI=1S/C8H12N2.BF4/c1-3-5-10-7-6-9(4-2)8-10;2-1(3,4)5/h3-7H,2,8H2,1H3;/q;-1. The lowest BCUT2D eigenvalue weighted by atomic mass is 10.3. The van der Waals surface area contributed by atoms with E-state index in [1.54, 1.807) is 6.20 Å². The molecule has 0 unspecified atom stereocenters. The highest BCUT2D eigenvalue weighted by atomic mass is 19.5. The molecule has 7 heteroatoms. The molecule has 0 radical (unpaired) electrons. The van der Waals surface area contributed by atoms with Crippen LogP contribution < -0.4 is 0 Å². The maximum Gasteiger partial charge on any atom is 0.673 e. The molecule has 0 aliphatic carbocycles. The van der Waals surface area contributed by atoms with Gasteiger partial charge in [0.25, 0.3) is 0 Å². The lowest BCUT2D eigenvalue weighted by Gasteiger charge is -2.13. The SMILES string of the molecule is C=CN1C=CN(C=CC)C1.F[B-](F)(F)F. The van der Waals surface area contributed by atoms with Crippen LogP contribution in [0.5, 0.6) is 0 Å². The van der Waals surface area contributed by atoms with Gasteiger partial charge in [0.05, 0.1) is 6.67 Å². The topological polar surface area (TPSA) is 6.48 Å². The summed E-state index contributed by atoms with van der Waals surface area (Å²) in [7, 11) is -6.00. The molecule has 0 aromatic carbocycles. The van der Waals surface area contributed by atoms with E-state index in [-0.39, 0.29) is 0 Å². The summed E-state index contributed by atoms with van der Waals surface area (Å²) in [5.74, 6) is 0. The van der Waals surface area contributed by atoms with Gasteiger partial charge in [-0.2, -0.15) is 0 Å². The number of halogens is 4. The van der Waals surface area contributed by atoms with E-state index in [0.717, 1.165) is 6.67 Å². The fourth-order valence-electron chi connectivity index (χ4n) is 0.861. The summed E-state index contributed by atoms with van der Waals surface area (Å²) in [6, 6.07) is 0. The Morgan fingerprint density at radius 1 is 1.20 bits per heavy atom. The summed E-state index contributed by atoms with van der Waals surface area (Å²) in [5, 5.41) is 0. The van der Waals surface area contributed by atoms with Gasteiger partial charge in [0, 0.05) is 18.6 Å². The van der Waals surface area contributed by atoms with Crippen molar-refractivity contribution in [2.75, 3.05) is 6.67 Å². The molecule has 0 atom stereocenters. The molecule has 86 valence electrons. The minimum atomic E-state index is -6.00. The van der Waals surface area contributed by atoms with Crippen molar-refractivity contribution < 1.29 is 17.3 Å². The molecule has 1 rings (SSSR count). The number of hydrogen-bond acceptors (Lipinski definition) is 2. The van der Waals surface area contributed by atoms with Gasteiger partial charge in [-0.05, 0) is 13.1 Å². The molecule has 0 bridgehead atoms. The molecule has 0 spiro atoms. The lowest BCUT2D eigenvalue weighted by molar-refractivity contribution is 0.368. The first kappa shape index (κ1) is 13.6. The Morgan fingerprint density at radius 3 is 2.00 bits per heavy atom. The van der Waals surface area contributed by atoms with Crippen LogP contribution in [-0.2, 0) is 0 Å². The summed E-state index contributed by atoms with van der Waals surface area (Å²) in [6.07, 6.45) is 9.85. The summed E-state index contributed by atoms with van der Waals surface area (Å²) in [6.45, 7) is 6.55. The van der Waals surface area contributed by atoms with Crippen LogP contribution in [-0.4, -0.2) is 23.7 Å². The van der Waals surface area contributed by atoms with E-state index >= 15 is 0 Å². The molecule has 0 fully saturated rings. The van der Waals surface area contributed by atoms with Crippen LogP contribution in [0.2, 0.25) is 0 Å². The largest absolute Gasteiger partial charge is 0.673 e. The minimum Gasteiger partial charge on any atom is -0.418 e. The molecule has 0 saturated carbocycles. The molecule has 15 heavy (non-hydrogen) atoms. The van der Waals surface area contributed by atoms with Crippen molar-refractivity contribution in [3.05, 3.63) is 37.5 Å². The van der Waals surface area contributed by atoms with Crippen molar-refractivity contribution >= 4 is 7.25 Å². The summed E-state index contributed by atoms with van der Waals surface area (Å²) < 4.78 is 39.0. The first-order chi connectivity index (χ1) is 6.86. The average Bonchev–Trinajstić information content (AvgIpc) is 2.50. The Bertz CT molecular complexity index is 244. The van der Waals surface area contributed by atoms with Gasteiger partial charge >= 0.3 is 7.25 Å². The lowest BCUT2D eigenvalue weighted by Crippen LogP contribution is -2.16. The maximum atomic E-state index is 9.75. The van der Waals surface area contributed by atoms with Crippen molar-refractivity contribution in [1.29, 1.82) is 0 Å². The molecule has 0 amide bonds. The third kappa shape index (κ3) is 8.92. The third-order valence-electron chi connectivity index (χ3n) is 1.35. The zero-order valence-corrected chi connectivity index (χ0v) is 8.28. The fraction of sp³-hybridized carbons (Fsp3) is 0.250. The van der Waals surface area contributed by atoms with E-state index in [1.165, 1.54) is 0 Å². The highest BCUT2D eigenvalue weighted by Crippen LogP contribution is 2.06. The number of allylic oxidation sites excluding steroid dienone is 1. The molecule has 0 aromatic rings. The van der Waals surface area contributed by atoms with Gasteiger partial charge in [-0.25, -0.2) is 0 Å². The zero-order valence-electron chi connectivity index (χ0n) is 8.28. The van der Waals surface area contributed by atoms with Crippen LogP contribution in [0, 0.1) is 0 Å². The number of hydrogen-bond donors (Lipinski definition) is 0. The van der Waals surface area contributed by atoms with Gasteiger partial charge in [0.1, 0.15) is 0 Å². The predicted octanol–water partition coefficient (Wildman–Crippen LogP) is 3.01. The van der Waals surface area contributed by atoms with E-state index in [0.29, 0.717) is 0 Å². The van der Waals surface area contributed by atoms with E-state index < -0.39 is 7.25 Å². The van der Waals surface area contributed by atoms with Crippen LogP contribution in [0.4, 0.5) is 17.3 Å². The van der Waals surface area contributed by atoms with Crippen molar-refractivity contribution in [2.45, 2.75) is 6.92 Å². The van der Waals surface area contributed by atoms with Crippen molar-refractivity contribution in [3.63, 3.8) is 0 Å². The fourth-order valence-corrected chi connectivity index (χ4v) is 0.861. The molecule has 0 saturated heterocycles. The minimum absolute atomic E-state index is 0.883. The van der Waals surface area contributed by atoms with Crippen LogP contribution in [0.1, 0.15) is 6.92 Å². The molecule has 0 N–H and O–H groups in total. The first-order valence-corrected chi connectivity index (χ1v) is 4.19. The van der Waals surface area contributed by atoms with Crippen molar-refractivity contribution in [3.8, 4) is 0 Å². The van der Waals surface area contributed by atoms with Crippen molar-refractivity contribution in [1.82, 2.24) is 9.80 Å². The van der Waals surface area contributed by atoms with Crippen LogP contribution in [0.3, 0.4) is 0 Å². The third-order valence-corrected chi connectivity index (χ3v) is 1.35. The molecule has 1 aliphatic rings. The second-order valence-electron chi connectivity index (χ2n) is 2.63. The molecular formula is C8H12BF4N2-. The molecule has 2 nitrogen and oxygen atoms in total. The molecule has 1 aliphatic heterocycles. The highest BCUT2D eigenvalue weighted by molar-refractivity contribution is 6.50. The highest BCUT2D eigenvalue weighted by Gasteiger charge is 2.20. The summed E-state index contributed by atoms with van der Waals surface area (Å²) >= 11 is 0. The quantitative estimate of drug-likeness (QED) is 0.524. The first-order valence-electron chi connectivity index (χ1n) is 4.19. The van der Waals surface area contributed by atoms with E-state index in [9.17, 15) is 17.3 Å². The average molecular weight is 223 g/mol. The summed E-state index contributed by atoms with van der Waals surface area (Å²) in [5.41, 5.74) is 0. The number of nitrogens with zero attached hydrogens (tertiary/aromatic N) is 2. The Balaban J connectivity index is 0.000000336. The monoisotopic (exact) mass is 223 g/mol. The van der Waals surface area contributed by atoms with Gasteiger partial charge in [-0.3, -0.25) is 0 Å². The molecule has 1 heterocycles. The smallest absolute Gasteiger partial charge is 0.418 e. The molecule has 0 aromatic heterocycles. The summed E-state index contributed by atoms with van der Waals surface area (Å²) in [4.78, 5) is 4.10. The van der Waals surface area contributed by atoms with E-state index in [2.05, 4.69) is 11.5 Å². The Hall–Kier alpha value is -1.40. The Labute approximate surface area is 86.3 Å². The molecular weight excluding hydrogens is 211 g/mol. The Kier molecular flexibility index (Phi) is 5.58. The van der Waals surface area contributed by atoms with E-state index in [4.69, 9.17) is 0 Å². The van der Waals surface area contributed by atoms with Gasteiger partial charge in [0.15, 0.2) is 0 Å². The van der Waals surface area contributed by atoms with Gasteiger partial charge in [-0.15, -0.1) is 0 Å². The van der Waals surface area contributed by atoms with Gasteiger partial charge in [0.2, 0.25) is 0 Å². The second-order valence-corrected chi connectivity index (χ2v) is 2.63. The van der Waals surface area contributed by atoms with Crippen LogP contribution >= 0.6 is 0 Å². The van der Waals surface area contributed by atoms with Crippen LogP contribution in [0.25, 0.3) is 0 Å². The second kappa shape index (κ2) is 6.16. The van der Waals surface area contributed by atoms with E-state index in [1.807, 2.05) is 36.5 Å². The Morgan fingerprint density at radius 2 is 1.67 bits per heavy atom. The van der Waals surface area contributed by atoms with Crippen molar-refractivity contribution in [2.24, 2.45) is 0 Å². The maximum absolute atomic E-state index is 9.75. The normalized spacial score (nSPS) is 15.5. The zero-order chi connectivity index (χ0) is 11.9. The predicted molar refractivity (Wildman–Crippen MR) is 52.9 cm³/mol. The van der Waals surface area contributed by atoms with Gasteiger partial charge in [-0.1, -0.05) is 12.7 Å². The van der Waals surface area contributed by atoms with Gasteiger partial charge < -0.3 is 27.1 Å². The number of rotatable bonds is 2. The van der Waals surface area contributed by atoms with Crippen LogP contribution in [0.15, 0.2) is 37.5 Å².